The van der Waals surface area contributed by atoms with E-state index < -0.39 is 12.0 Å². The Hall–Kier alpha value is -2.46. The van der Waals surface area contributed by atoms with Crippen LogP contribution >= 0.6 is 0 Å². The van der Waals surface area contributed by atoms with Crippen molar-refractivity contribution in [2.24, 2.45) is 5.92 Å². The van der Waals surface area contributed by atoms with Gasteiger partial charge in [0.05, 0.1) is 17.7 Å². The van der Waals surface area contributed by atoms with Gasteiger partial charge in [-0.05, 0) is 56.0 Å². The molecule has 0 spiro atoms. The third-order valence-electron chi connectivity index (χ3n) is 5.25. The highest BCUT2D eigenvalue weighted by atomic mass is 16.3. The second-order valence-corrected chi connectivity index (χ2v) is 6.54. The molecule has 3 aromatic rings. The minimum absolute atomic E-state index is 0.0290. The summed E-state index contributed by atoms with van der Waals surface area (Å²) in [6, 6.07) is 9.63. The molecule has 0 aromatic carbocycles. The highest BCUT2D eigenvalue weighted by Crippen LogP contribution is 2.37. The van der Waals surface area contributed by atoms with E-state index in [1.54, 1.807) is 12.3 Å². The molecule has 4 heteroatoms. The monoisotopic (exact) mass is 320 g/mol. The van der Waals surface area contributed by atoms with Crippen LogP contribution in [-0.2, 0) is 6.42 Å². The first-order chi connectivity index (χ1) is 11.6. The van der Waals surface area contributed by atoms with Gasteiger partial charge in [-0.25, -0.2) is 0 Å². The molecule has 3 heterocycles. The summed E-state index contributed by atoms with van der Waals surface area (Å²) >= 11 is 0. The zero-order chi connectivity index (χ0) is 16.8. The fourth-order valence-electron chi connectivity index (χ4n) is 3.93. The standard InChI is InChI=1S/C20H20N2O2/c1-12-14-8-9-16(19(23)15-6-5-10-21-13(15)2)20(24)18(14)22-11-4-3-7-17(12)22/h3-7,10-11,16,19,23H,8-9H2,1-2H3. The van der Waals surface area contributed by atoms with E-state index in [-0.39, 0.29) is 5.78 Å². The Bertz CT molecular complexity index is 942. The van der Waals surface area contributed by atoms with Crippen LogP contribution in [-0.4, -0.2) is 20.3 Å². The number of carbonyl (C=O) groups is 1. The lowest BCUT2D eigenvalue weighted by Crippen LogP contribution is -2.29. The summed E-state index contributed by atoms with van der Waals surface area (Å²) in [6.07, 6.45) is 4.31. The van der Waals surface area contributed by atoms with E-state index in [0.717, 1.165) is 34.5 Å². The normalized spacial score (nSPS) is 18.6. The Morgan fingerprint density at radius 2 is 2.08 bits per heavy atom. The van der Waals surface area contributed by atoms with Crippen LogP contribution in [0, 0.1) is 19.8 Å². The summed E-state index contributed by atoms with van der Waals surface area (Å²) in [5, 5.41) is 10.8. The molecule has 0 saturated heterocycles. The van der Waals surface area contributed by atoms with Crippen LogP contribution in [0.3, 0.4) is 0 Å². The van der Waals surface area contributed by atoms with E-state index in [2.05, 4.69) is 11.9 Å². The first-order valence-corrected chi connectivity index (χ1v) is 8.32. The molecule has 4 nitrogen and oxygen atoms in total. The van der Waals surface area contributed by atoms with Gasteiger partial charge in [0.1, 0.15) is 0 Å². The zero-order valence-electron chi connectivity index (χ0n) is 13.9. The summed E-state index contributed by atoms with van der Waals surface area (Å²) in [5.74, 6) is -0.389. The SMILES string of the molecule is Cc1ncccc1C(O)C1CCc2c(C)c3ccccn3c2C1=O. The summed E-state index contributed by atoms with van der Waals surface area (Å²) in [5.41, 5.74) is 5.63. The predicted octanol–water partition coefficient (Wildman–Crippen LogP) is 3.43. The Balaban J connectivity index is 1.80. The third-order valence-corrected chi connectivity index (χ3v) is 5.25. The molecule has 3 aromatic heterocycles. The highest BCUT2D eigenvalue weighted by molar-refractivity contribution is 6.01. The maximum absolute atomic E-state index is 13.2. The largest absolute Gasteiger partial charge is 0.388 e. The van der Waals surface area contributed by atoms with Gasteiger partial charge in [-0.3, -0.25) is 9.78 Å². The van der Waals surface area contributed by atoms with Crippen molar-refractivity contribution >= 4 is 11.3 Å². The van der Waals surface area contributed by atoms with Crippen molar-refractivity contribution in [2.75, 3.05) is 0 Å². The number of pyridine rings is 2. The number of aliphatic hydroxyl groups is 1. The number of carbonyl (C=O) groups excluding carboxylic acids is 1. The fraction of sp³-hybridized carbons (Fsp3) is 0.300. The average molecular weight is 320 g/mol. The maximum atomic E-state index is 13.2. The zero-order valence-corrected chi connectivity index (χ0v) is 13.9. The Kier molecular flexibility index (Phi) is 3.50. The van der Waals surface area contributed by atoms with Crippen molar-refractivity contribution in [3.63, 3.8) is 0 Å². The second kappa shape index (κ2) is 5.56. The van der Waals surface area contributed by atoms with Crippen molar-refractivity contribution in [1.82, 2.24) is 9.38 Å². The Labute approximate surface area is 140 Å². The number of hydrogen-bond acceptors (Lipinski definition) is 3. The van der Waals surface area contributed by atoms with Crippen molar-refractivity contribution in [2.45, 2.75) is 32.8 Å². The van der Waals surface area contributed by atoms with Crippen LogP contribution in [0.5, 0.6) is 0 Å². The molecule has 0 bridgehead atoms. The molecule has 0 amide bonds. The molecule has 0 saturated carbocycles. The van der Waals surface area contributed by atoms with Crippen LogP contribution in [0.25, 0.3) is 5.52 Å². The molecule has 0 radical (unpaired) electrons. The number of aliphatic hydroxyl groups excluding tert-OH is 1. The number of aryl methyl sites for hydroxylation is 2. The van der Waals surface area contributed by atoms with Crippen LogP contribution in [0.4, 0.5) is 0 Å². The molecule has 1 aliphatic carbocycles. The van der Waals surface area contributed by atoms with Crippen LogP contribution in [0.1, 0.15) is 45.4 Å². The molecular weight excluding hydrogens is 300 g/mol. The number of hydrogen-bond donors (Lipinski definition) is 1. The summed E-state index contributed by atoms with van der Waals surface area (Å²) in [6.45, 7) is 3.94. The van der Waals surface area contributed by atoms with Gasteiger partial charge in [0.25, 0.3) is 0 Å². The molecule has 24 heavy (non-hydrogen) atoms. The number of nitrogens with zero attached hydrogens (tertiary/aromatic N) is 2. The van der Waals surface area contributed by atoms with Gasteiger partial charge in [-0.1, -0.05) is 12.1 Å². The first kappa shape index (κ1) is 15.1. The average Bonchev–Trinajstić information content (AvgIpc) is 2.89. The lowest BCUT2D eigenvalue weighted by atomic mass is 9.80. The number of aromatic nitrogens is 2. The van der Waals surface area contributed by atoms with E-state index in [1.807, 2.05) is 41.8 Å². The number of fused-ring (bicyclic) bond motifs is 3. The summed E-state index contributed by atoms with van der Waals surface area (Å²) in [7, 11) is 0. The number of Topliss-reactive ketones (excluding diaryl/α,β-unsaturated/α-hetero) is 1. The van der Waals surface area contributed by atoms with Gasteiger partial charge >= 0.3 is 0 Å². The van der Waals surface area contributed by atoms with Crippen LogP contribution < -0.4 is 0 Å². The van der Waals surface area contributed by atoms with Gasteiger partial charge in [0.2, 0.25) is 0 Å². The topological polar surface area (TPSA) is 54.6 Å². The first-order valence-electron chi connectivity index (χ1n) is 8.32. The minimum Gasteiger partial charge on any atom is -0.388 e. The van der Waals surface area contributed by atoms with E-state index in [4.69, 9.17) is 0 Å². The van der Waals surface area contributed by atoms with E-state index in [0.29, 0.717) is 6.42 Å². The Morgan fingerprint density at radius 3 is 2.88 bits per heavy atom. The highest BCUT2D eigenvalue weighted by Gasteiger charge is 2.37. The van der Waals surface area contributed by atoms with E-state index in [1.165, 1.54) is 5.56 Å². The van der Waals surface area contributed by atoms with Gasteiger partial charge in [-0.2, -0.15) is 0 Å². The quantitative estimate of drug-likeness (QED) is 0.787. The number of rotatable bonds is 2. The molecule has 4 rings (SSSR count). The molecule has 0 fully saturated rings. The third kappa shape index (κ3) is 2.10. The van der Waals surface area contributed by atoms with E-state index >= 15 is 0 Å². The minimum atomic E-state index is -0.811. The van der Waals surface area contributed by atoms with Crippen molar-refractivity contribution in [3.05, 3.63) is 70.8 Å². The van der Waals surface area contributed by atoms with Crippen molar-refractivity contribution < 1.29 is 9.90 Å². The van der Waals surface area contributed by atoms with Gasteiger partial charge < -0.3 is 9.51 Å². The summed E-state index contributed by atoms with van der Waals surface area (Å²) < 4.78 is 1.97. The number of ketones is 1. The van der Waals surface area contributed by atoms with Crippen molar-refractivity contribution in [3.8, 4) is 0 Å². The maximum Gasteiger partial charge on any atom is 0.185 e. The molecule has 2 unspecified atom stereocenters. The molecular formula is C20H20N2O2. The predicted molar refractivity (Wildman–Crippen MR) is 92.2 cm³/mol. The Morgan fingerprint density at radius 1 is 1.25 bits per heavy atom. The molecule has 1 aliphatic rings. The molecule has 122 valence electrons. The molecule has 2 atom stereocenters. The fourth-order valence-corrected chi connectivity index (χ4v) is 3.93. The van der Waals surface area contributed by atoms with Gasteiger partial charge in [0, 0.05) is 29.2 Å². The van der Waals surface area contributed by atoms with Gasteiger partial charge in [-0.15, -0.1) is 0 Å². The van der Waals surface area contributed by atoms with E-state index in [9.17, 15) is 9.90 Å². The lowest BCUT2D eigenvalue weighted by molar-refractivity contribution is 0.0628. The summed E-state index contributed by atoms with van der Waals surface area (Å²) in [4.78, 5) is 17.4. The van der Waals surface area contributed by atoms with Crippen LogP contribution in [0.2, 0.25) is 0 Å². The lowest BCUT2D eigenvalue weighted by Gasteiger charge is -2.27. The molecule has 0 aliphatic heterocycles. The smallest absolute Gasteiger partial charge is 0.185 e. The van der Waals surface area contributed by atoms with Crippen molar-refractivity contribution in [1.29, 1.82) is 0 Å². The van der Waals surface area contributed by atoms with Crippen LogP contribution in [0.15, 0.2) is 42.7 Å². The van der Waals surface area contributed by atoms with Gasteiger partial charge in [0.15, 0.2) is 5.78 Å². The second-order valence-electron chi connectivity index (χ2n) is 6.54. The molecule has 1 N–H and O–H groups in total.